The second-order valence-electron chi connectivity index (χ2n) is 7.51. The molecule has 1 unspecified atom stereocenters. The van der Waals surface area contributed by atoms with Gasteiger partial charge in [-0.05, 0) is 23.8 Å². The van der Waals surface area contributed by atoms with Gasteiger partial charge in [0.15, 0.2) is 0 Å². The number of carbonyl (C=O) groups excluding carboxylic acids is 1. The average molecular weight is 470 g/mol. The van der Waals surface area contributed by atoms with E-state index in [1.54, 1.807) is 17.0 Å². The Morgan fingerprint density at radius 1 is 1.19 bits per heavy atom. The molecular weight excluding hydrogens is 455 g/mol. The molecule has 0 radical (unpaired) electrons. The molecule has 0 fully saturated rings. The van der Waals surface area contributed by atoms with Crippen LogP contribution in [-0.2, 0) is 19.3 Å². The monoisotopic (exact) mass is 469 g/mol. The molecule has 6 nitrogen and oxygen atoms in total. The number of aromatic nitrogens is 2. The lowest BCUT2D eigenvalue weighted by Crippen LogP contribution is -2.42. The Labute approximate surface area is 180 Å². The van der Waals surface area contributed by atoms with E-state index in [0.717, 1.165) is 17.7 Å². The molecule has 2 aliphatic heterocycles. The lowest BCUT2D eigenvalue weighted by molar-refractivity contribution is -0.137. The number of rotatable bonds is 1. The van der Waals surface area contributed by atoms with Gasteiger partial charge in [0.2, 0.25) is 5.88 Å². The molecule has 3 heterocycles. The maximum Gasteiger partial charge on any atom is 0.416 e. The average Bonchev–Trinajstić information content (AvgIpc) is 2.96. The van der Waals surface area contributed by atoms with Crippen LogP contribution in [0.25, 0.3) is 10.9 Å². The third-order valence-electron chi connectivity index (χ3n) is 5.68. The van der Waals surface area contributed by atoms with Gasteiger partial charge in [0.1, 0.15) is 0 Å². The van der Waals surface area contributed by atoms with Gasteiger partial charge in [-0.1, -0.05) is 28.9 Å². The Morgan fingerprint density at radius 3 is 2.65 bits per heavy atom. The Hall–Kier alpha value is -2.72. The summed E-state index contributed by atoms with van der Waals surface area (Å²) in [7, 11) is 4.94. The summed E-state index contributed by atoms with van der Waals surface area (Å²) in [5.74, 6) is -0.778. The van der Waals surface area contributed by atoms with Gasteiger partial charge in [-0.3, -0.25) is 9.36 Å². The van der Waals surface area contributed by atoms with Gasteiger partial charge < -0.3 is 10.0 Å². The second-order valence-corrected chi connectivity index (χ2v) is 10.3. The summed E-state index contributed by atoms with van der Waals surface area (Å²) < 4.78 is 41.6. The van der Waals surface area contributed by atoms with E-state index in [9.17, 15) is 27.9 Å². The number of aromatic hydroxyl groups is 1. The van der Waals surface area contributed by atoms with Crippen LogP contribution in [0.1, 0.15) is 21.5 Å². The number of benzene rings is 2. The number of carbonyl (C=O) groups is 1. The molecule has 2 aliphatic rings. The molecular formula is C20H15ClF3N3O3S. The minimum atomic E-state index is -4.66. The van der Waals surface area contributed by atoms with Crippen molar-refractivity contribution in [2.24, 2.45) is 0 Å². The van der Waals surface area contributed by atoms with Gasteiger partial charge in [0.05, 0.1) is 22.5 Å². The van der Waals surface area contributed by atoms with Crippen LogP contribution in [0.15, 0.2) is 46.1 Å². The predicted octanol–water partition coefficient (Wildman–Crippen LogP) is 3.67. The van der Waals surface area contributed by atoms with Crippen molar-refractivity contribution in [1.82, 2.24) is 14.5 Å². The SMILES string of the molecule is O=C1c2ccccc2CN1[C@H]1Cn2c(=O)nc(O)c3cc(C(F)(F)F)cc(c32)[SH](Cl)C1. The molecule has 2 atom stereocenters. The second kappa shape index (κ2) is 6.89. The fourth-order valence-corrected chi connectivity index (χ4v) is 6.71. The van der Waals surface area contributed by atoms with Crippen molar-refractivity contribution in [3.05, 3.63) is 63.6 Å². The quantitative estimate of drug-likeness (QED) is 0.533. The third-order valence-corrected chi connectivity index (χ3v) is 8.24. The van der Waals surface area contributed by atoms with Crippen molar-refractivity contribution in [2.45, 2.75) is 30.2 Å². The molecule has 162 valence electrons. The summed E-state index contributed by atoms with van der Waals surface area (Å²) in [6.45, 7) is 0.347. The van der Waals surface area contributed by atoms with Crippen molar-refractivity contribution >= 4 is 37.6 Å². The summed E-state index contributed by atoms with van der Waals surface area (Å²) in [6.07, 6.45) is -4.66. The first-order valence-electron chi connectivity index (χ1n) is 9.32. The summed E-state index contributed by atoms with van der Waals surface area (Å²) in [5, 5.41) is 9.95. The van der Waals surface area contributed by atoms with E-state index in [-0.39, 0.29) is 34.0 Å². The Bertz CT molecular complexity index is 1310. The van der Waals surface area contributed by atoms with Crippen molar-refractivity contribution in [3.8, 4) is 5.88 Å². The highest BCUT2D eigenvalue weighted by atomic mass is 35.7. The topological polar surface area (TPSA) is 75.4 Å². The smallest absolute Gasteiger partial charge is 0.416 e. The number of alkyl halides is 3. The van der Waals surface area contributed by atoms with Crippen molar-refractivity contribution < 1.29 is 23.1 Å². The molecule has 5 rings (SSSR count). The zero-order chi connectivity index (χ0) is 22.1. The molecule has 11 heteroatoms. The molecule has 1 amide bonds. The van der Waals surface area contributed by atoms with Crippen LogP contribution < -0.4 is 5.69 Å². The predicted molar refractivity (Wildman–Crippen MR) is 111 cm³/mol. The van der Waals surface area contributed by atoms with Gasteiger partial charge in [0, 0.05) is 29.3 Å². The van der Waals surface area contributed by atoms with Crippen LogP contribution in [0.4, 0.5) is 13.2 Å². The third kappa shape index (κ3) is 3.16. The first-order chi connectivity index (χ1) is 14.6. The zero-order valence-electron chi connectivity index (χ0n) is 15.7. The van der Waals surface area contributed by atoms with E-state index in [1.165, 1.54) is 4.57 Å². The number of nitrogens with zero attached hydrogens (tertiary/aromatic N) is 3. The summed E-state index contributed by atoms with van der Waals surface area (Å²) in [6, 6.07) is 8.32. The molecule has 0 saturated heterocycles. The Morgan fingerprint density at radius 2 is 1.94 bits per heavy atom. The molecule has 1 N–H and O–H groups in total. The number of halogens is 4. The fourth-order valence-electron chi connectivity index (χ4n) is 4.22. The summed E-state index contributed by atoms with van der Waals surface area (Å²) in [4.78, 5) is 30.8. The van der Waals surface area contributed by atoms with Crippen molar-refractivity contribution in [2.75, 3.05) is 5.75 Å². The van der Waals surface area contributed by atoms with Crippen molar-refractivity contribution in [3.63, 3.8) is 0 Å². The highest BCUT2D eigenvalue weighted by molar-refractivity contribution is 8.36. The molecule has 0 saturated carbocycles. The molecule has 2 aromatic carbocycles. The van der Waals surface area contributed by atoms with Crippen molar-refractivity contribution in [1.29, 1.82) is 0 Å². The largest absolute Gasteiger partial charge is 0.493 e. The van der Waals surface area contributed by atoms with Gasteiger partial charge in [-0.2, -0.15) is 18.2 Å². The lowest BCUT2D eigenvalue weighted by atomic mass is 10.1. The standard InChI is InChI=1S/C20H15ClF3N3O3S/c21-31-9-12(26-7-10-3-1-2-4-13(10)18(26)29)8-27-16-14(17(28)25-19(27)30)5-11(6-15(16)31)20(22,23)24/h1-6,12,31H,7-9H2,(H,25,28,30)/t12-/m0/s1. The number of hydrogen-bond donors (Lipinski definition) is 2. The van der Waals surface area contributed by atoms with E-state index >= 15 is 0 Å². The molecule has 0 spiro atoms. The molecule has 3 aromatic rings. The van der Waals surface area contributed by atoms with Crippen LogP contribution in [0.2, 0.25) is 0 Å². The highest BCUT2D eigenvalue weighted by Gasteiger charge is 2.38. The fraction of sp³-hybridized carbons (Fsp3) is 0.250. The van der Waals surface area contributed by atoms with Gasteiger partial charge in [-0.15, -0.1) is 10.1 Å². The number of fused-ring (bicyclic) bond motifs is 1. The lowest BCUT2D eigenvalue weighted by Gasteiger charge is -2.28. The van der Waals surface area contributed by atoms with E-state index in [1.807, 2.05) is 12.1 Å². The summed E-state index contributed by atoms with van der Waals surface area (Å²) >= 11 is 0. The number of hydrogen-bond acceptors (Lipinski definition) is 4. The van der Waals surface area contributed by atoms with E-state index in [4.69, 9.17) is 10.7 Å². The van der Waals surface area contributed by atoms with E-state index < -0.39 is 39.5 Å². The molecule has 31 heavy (non-hydrogen) atoms. The van der Waals surface area contributed by atoms with Crippen LogP contribution >= 0.6 is 20.8 Å². The van der Waals surface area contributed by atoms with Gasteiger partial charge in [-0.25, -0.2) is 4.79 Å². The maximum absolute atomic E-state index is 13.5. The number of thiol groups is 1. The minimum absolute atomic E-state index is 0.0201. The first-order valence-corrected chi connectivity index (χ1v) is 11.8. The van der Waals surface area contributed by atoms with Gasteiger partial charge in [0.25, 0.3) is 5.91 Å². The van der Waals surface area contributed by atoms with Crippen LogP contribution in [0.5, 0.6) is 5.88 Å². The molecule has 1 aromatic heterocycles. The normalized spacial score (nSPS) is 21.9. The number of amides is 1. The zero-order valence-corrected chi connectivity index (χ0v) is 17.4. The maximum atomic E-state index is 13.5. The molecule has 0 bridgehead atoms. The van der Waals surface area contributed by atoms with E-state index in [2.05, 4.69) is 4.98 Å². The van der Waals surface area contributed by atoms with E-state index in [0.29, 0.717) is 12.1 Å². The first kappa shape index (κ1) is 20.2. The Balaban J connectivity index is 1.66. The van der Waals surface area contributed by atoms with Crippen LogP contribution in [0.3, 0.4) is 0 Å². The van der Waals surface area contributed by atoms with Crippen LogP contribution in [-0.4, -0.2) is 37.3 Å². The van der Waals surface area contributed by atoms with Gasteiger partial charge >= 0.3 is 11.9 Å². The van der Waals surface area contributed by atoms with Crippen LogP contribution in [0, 0.1) is 0 Å². The summed E-state index contributed by atoms with van der Waals surface area (Å²) in [5.41, 5.74) is -0.244. The Kier molecular flexibility index (Phi) is 4.49. The minimum Gasteiger partial charge on any atom is -0.493 e. The molecule has 0 aliphatic carbocycles. The highest BCUT2D eigenvalue weighted by Crippen LogP contribution is 2.50.